The average Bonchev–Trinajstić information content (AvgIpc) is 2.54. The molecule has 5 heteroatoms. The van der Waals surface area contributed by atoms with Crippen LogP contribution in [0.5, 0.6) is 0 Å². The number of rotatable bonds is 7. The van der Waals surface area contributed by atoms with Gasteiger partial charge in [0, 0.05) is 27.2 Å². The third-order valence-electron chi connectivity index (χ3n) is 3.34. The molecule has 0 aliphatic rings. The molecule has 0 saturated carbocycles. The van der Waals surface area contributed by atoms with Crippen molar-refractivity contribution in [2.45, 2.75) is 33.2 Å². The van der Waals surface area contributed by atoms with Gasteiger partial charge in [-0.3, -0.25) is 4.99 Å². The second-order valence-corrected chi connectivity index (χ2v) is 5.09. The lowest BCUT2D eigenvalue weighted by Crippen LogP contribution is -2.38. The highest BCUT2D eigenvalue weighted by atomic mass is 16.5. The van der Waals surface area contributed by atoms with E-state index >= 15 is 0 Å². The number of hydrogen-bond acceptors (Lipinski definition) is 3. The molecule has 122 valence electrons. The van der Waals surface area contributed by atoms with Crippen molar-refractivity contribution in [3.05, 3.63) is 35.4 Å². The quantitative estimate of drug-likeness (QED) is 0.478. The number of hydrogen-bond donors (Lipinski definition) is 1. The summed E-state index contributed by atoms with van der Waals surface area (Å²) in [6.45, 7) is 6.03. The monoisotopic (exact) mass is 305 g/mol. The highest BCUT2D eigenvalue weighted by Gasteiger charge is 2.07. The van der Waals surface area contributed by atoms with Gasteiger partial charge < -0.3 is 15.0 Å². The van der Waals surface area contributed by atoms with Crippen LogP contribution in [0.15, 0.2) is 29.3 Å². The minimum Gasteiger partial charge on any atom is -0.462 e. The molecule has 0 heterocycles. The lowest BCUT2D eigenvalue weighted by molar-refractivity contribution is 0.0526. The van der Waals surface area contributed by atoms with E-state index in [0.717, 1.165) is 30.9 Å². The summed E-state index contributed by atoms with van der Waals surface area (Å²) < 4.78 is 4.97. The van der Waals surface area contributed by atoms with Gasteiger partial charge in [-0.05, 0) is 31.0 Å². The Morgan fingerprint density at radius 3 is 2.50 bits per heavy atom. The molecule has 0 aliphatic heterocycles. The number of aliphatic imine (C=N–C) groups is 1. The first-order chi connectivity index (χ1) is 10.6. The molecule has 0 saturated heterocycles. The van der Waals surface area contributed by atoms with Crippen LogP contribution in [0, 0.1) is 0 Å². The summed E-state index contributed by atoms with van der Waals surface area (Å²) in [5.74, 6) is 0.597. The molecule has 0 spiro atoms. The average molecular weight is 305 g/mol. The van der Waals surface area contributed by atoms with E-state index in [9.17, 15) is 4.79 Å². The van der Waals surface area contributed by atoms with Gasteiger partial charge in [-0.1, -0.05) is 25.5 Å². The van der Waals surface area contributed by atoms with Crippen LogP contribution in [0.1, 0.15) is 42.6 Å². The fourth-order valence-electron chi connectivity index (χ4n) is 2.04. The lowest BCUT2D eigenvalue weighted by atomic mass is 10.1. The zero-order valence-electron chi connectivity index (χ0n) is 14.1. The largest absolute Gasteiger partial charge is 0.462 e. The maximum absolute atomic E-state index is 11.6. The van der Waals surface area contributed by atoms with E-state index in [1.54, 1.807) is 26.1 Å². The number of carbonyl (C=O) groups excluding carboxylic acids is 1. The molecule has 1 aromatic carbocycles. The number of carbonyl (C=O) groups is 1. The molecule has 0 atom stereocenters. The van der Waals surface area contributed by atoms with Gasteiger partial charge in [0.2, 0.25) is 0 Å². The summed E-state index contributed by atoms with van der Waals surface area (Å²) in [5, 5.41) is 3.33. The SMILES string of the molecule is CCCCN(C)C(=NC)NCc1ccc(C(=O)OCC)cc1. The van der Waals surface area contributed by atoms with Crippen molar-refractivity contribution in [1.29, 1.82) is 0 Å². The van der Waals surface area contributed by atoms with E-state index < -0.39 is 0 Å². The molecule has 0 radical (unpaired) electrons. The van der Waals surface area contributed by atoms with E-state index in [4.69, 9.17) is 4.74 Å². The third-order valence-corrected chi connectivity index (χ3v) is 3.34. The number of esters is 1. The Morgan fingerprint density at radius 2 is 1.95 bits per heavy atom. The molecular weight excluding hydrogens is 278 g/mol. The second-order valence-electron chi connectivity index (χ2n) is 5.09. The van der Waals surface area contributed by atoms with Crippen LogP contribution in [0.25, 0.3) is 0 Å². The van der Waals surface area contributed by atoms with Crippen molar-refractivity contribution in [2.24, 2.45) is 4.99 Å². The molecule has 0 amide bonds. The molecular formula is C17H27N3O2. The molecule has 1 N–H and O–H groups in total. The summed E-state index contributed by atoms with van der Waals surface area (Å²) in [6, 6.07) is 7.44. The topological polar surface area (TPSA) is 53.9 Å². The number of benzene rings is 1. The maximum atomic E-state index is 11.6. The van der Waals surface area contributed by atoms with E-state index in [1.165, 1.54) is 0 Å². The molecule has 0 bridgehead atoms. The fraction of sp³-hybridized carbons (Fsp3) is 0.529. The molecule has 0 unspecified atom stereocenters. The molecule has 1 rings (SSSR count). The number of nitrogens with one attached hydrogen (secondary N) is 1. The van der Waals surface area contributed by atoms with Gasteiger partial charge in [-0.15, -0.1) is 0 Å². The molecule has 22 heavy (non-hydrogen) atoms. The first kappa shape index (κ1) is 18.0. The van der Waals surface area contributed by atoms with Crippen molar-refractivity contribution < 1.29 is 9.53 Å². The number of ether oxygens (including phenoxy) is 1. The Hall–Kier alpha value is -2.04. The van der Waals surface area contributed by atoms with Crippen LogP contribution in [0.2, 0.25) is 0 Å². The van der Waals surface area contributed by atoms with Gasteiger partial charge in [0.15, 0.2) is 5.96 Å². The van der Waals surface area contributed by atoms with Gasteiger partial charge in [-0.2, -0.15) is 0 Å². The standard InChI is InChI=1S/C17H27N3O2/c1-5-7-12-20(4)17(18-3)19-13-14-8-10-15(11-9-14)16(21)22-6-2/h8-11H,5-7,12-13H2,1-4H3,(H,18,19). The van der Waals surface area contributed by atoms with Crippen molar-refractivity contribution >= 4 is 11.9 Å². The summed E-state index contributed by atoms with van der Waals surface area (Å²) in [4.78, 5) is 18.0. The molecule has 1 aromatic rings. The zero-order valence-corrected chi connectivity index (χ0v) is 14.1. The Labute approximate surface area is 133 Å². The van der Waals surface area contributed by atoms with E-state index in [0.29, 0.717) is 18.7 Å². The molecule has 0 aromatic heterocycles. The Morgan fingerprint density at radius 1 is 1.27 bits per heavy atom. The van der Waals surface area contributed by atoms with Gasteiger partial charge in [0.25, 0.3) is 0 Å². The number of guanidine groups is 1. The highest BCUT2D eigenvalue weighted by molar-refractivity contribution is 5.89. The highest BCUT2D eigenvalue weighted by Crippen LogP contribution is 2.06. The third kappa shape index (κ3) is 5.76. The van der Waals surface area contributed by atoms with Crippen LogP contribution in [-0.2, 0) is 11.3 Å². The predicted octanol–water partition coefficient (Wildman–Crippen LogP) is 2.67. The summed E-state index contributed by atoms with van der Waals surface area (Å²) in [7, 11) is 3.82. The van der Waals surface area contributed by atoms with Crippen molar-refractivity contribution in [1.82, 2.24) is 10.2 Å². The second kappa shape index (κ2) is 9.82. The normalized spacial score (nSPS) is 11.2. The summed E-state index contributed by atoms with van der Waals surface area (Å²) in [5.41, 5.74) is 1.67. The Bertz CT molecular complexity index is 483. The van der Waals surface area contributed by atoms with Gasteiger partial charge >= 0.3 is 5.97 Å². The van der Waals surface area contributed by atoms with Crippen LogP contribution in [0.3, 0.4) is 0 Å². The van der Waals surface area contributed by atoms with Crippen molar-refractivity contribution in [3.8, 4) is 0 Å². The zero-order chi connectivity index (χ0) is 16.4. The van der Waals surface area contributed by atoms with Crippen LogP contribution < -0.4 is 5.32 Å². The van der Waals surface area contributed by atoms with E-state index in [-0.39, 0.29) is 5.97 Å². The summed E-state index contributed by atoms with van der Waals surface area (Å²) in [6.07, 6.45) is 2.31. The molecule has 5 nitrogen and oxygen atoms in total. The van der Waals surface area contributed by atoms with Crippen molar-refractivity contribution in [3.63, 3.8) is 0 Å². The first-order valence-corrected chi connectivity index (χ1v) is 7.80. The predicted molar refractivity (Wildman–Crippen MR) is 90.1 cm³/mol. The summed E-state index contributed by atoms with van der Waals surface area (Å²) >= 11 is 0. The number of unbranched alkanes of at least 4 members (excludes halogenated alkanes) is 1. The first-order valence-electron chi connectivity index (χ1n) is 7.80. The number of nitrogens with zero attached hydrogens (tertiary/aromatic N) is 2. The van der Waals surface area contributed by atoms with Crippen LogP contribution >= 0.6 is 0 Å². The van der Waals surface area contributed by atoms with Crippen molar-refractivity contribution in [2.75, 3.05) is 27.2 Å². The smallest absolute Gasteiger partial charge is 0.338 e. The van der Waals surface area contributed by atoms with Gasteiger partial charge in [-0.25, -0.2) is 4.79 Å². The minimum absolute atomic E-state index is 0.280. The lowest BCUT2D eigenvalue weighted by Gasteiger charge is -2.21. The fourth-order valence-corrected chi connectivity index (χ4v) is 2.04. The van der Waals surface area contributed by atoms with E-state index in [2.05, 4.69) is 22.1 Å². The van der Waals surface area contributed by atoms with Crippen LogP contribution in [0.4, 0.5) is 0 Å². The Balaban J connectivity index is 2.54. The van der Waals surface area contributed by atoms with E-state index in [1.807, 2.05) is 19.2 Å². The van der Waals surface area contributed by atoms with Gasteiger partial charge in [0.05, 0.1) is 12.2 Å². The minimum atomic E-state index is -0.280. The van der Waals surface area contributed by atoms with Gasteiger partial charge in [0.1, 0.15) is 0 Å². The van der Waals surface area contributed by atoms with Crippen LogP contribution in [-0.4, -0.2) is 44.1 Å². The molecule has 0 aliphatic carbocycles. The maximum Gasteiger partial charge on any atom is 0.338 e. The molecule has 0 fully saturated rings. The Kier molecular flexibility index (Phi) is 8.04.